The molecule has 198 valence electrons. The maximum Gasteiger partial charge on any atom is 0.188 e. The molecule has 0 aliphatic heterocycles. The fourth-order valence-corrected chi connectivity index (χ4v) is 6.54. The Morgan fingerprint density at radius 1 is 0.581 bits per heavy atom. The van der Waals surface area contributed by atoms with E-state index in [0.717, 1.165) is 82.5 Å². The molecule has 0 spiro atoms. The van der Waals surface area contributed by atoms with Crippen LogP contribution in [0.2, 0.25) is 0 Å². The zero-order valence-corrected chi connectivity index (χ0v) is 22.6. The first-order valence-corrected chi connectivity index (χ1v) is 13.9. The summed E-state index contributed by atoms with van der Waals surface area (Å²) < 4.78 is 14.6. The normalized spacial score (nSPS) is 11.7. The van der Waals surface area contributed by atoms with Gasteiger partial charge in [-0.05, 0) is 54.1 Å². The van der Waals surface area contributed by atoms with Gasteiger partial charge in [-0.1, -0.05) is 60.7 Å². The summed E-state index contributed by atoms with van der Waals surface area (Å²) >= 11 is 0. The van der Waals surface area contributed by atoms with Crippen molar-refractivity contribution in [3.63, 3.8) is 0 Å². The Bertz CT molecular complexity index is 2650. The van der Waals surface area contributed by atoms with E-state index in [4.69, 9.17) is 15.4 Å². The Labute approximate surface area is 244 Å². The molecule has 0 saturated heterocycles. The molecular formula is C38H19N3O2. The average Bonchev–Trinajstić information content (AvgIpc) is 3.71. The molecule has 0 radical (unpaired) electrons. The summed E-state index contributed by atoms with van der Waals surface area (Å²) in [5.74, 6) is 0. The third-order valence-electron chi connectivity index (χ3n) is 8.44. The lowest BCUT2D eigenvalue weighted by molar-refractivity contribution is 0.656. The summed E-state index contributed by atoms with van der Waals surface area (Å²) in [5.41, 5.74) is 9.03. The minimum absolute atomic E-state index is 0.574. The van der Waals surface area contributed by atoms with Gasteiger partial charge < -0.3 is 13.4 Å². The van der Waals surface area contributed by atoms with Crippen LogP contribution in [0.15, 0.2) is 124 Å². The molecule has 5 nitrogen and oxygen atoms in total. The van der Waals surface area contributed by atoms with Gasteiger partial charge in [0.05, 0.1) is 28.9 Å². The van der Waals surface area contributed by atoms with Crippen molar-refractivity contribution in [1.82, 2.24) is 4.57 Å². The molecule has 0 atom stereocenters. The van der Waals surface area contributed by atoms with Gasteiger partial charge in [-0.15, -0.1) is 0 Å². The summed E-state index contributed by atoms with van der Waals surface area (Å²) in [5, 5.41) is 16.4. The van der Waals surface area contributed by atoms with Crippen LogP contribution in [0, 0.1) is 17.9 Å². The number of furan rings is 2. The Hall–Kier alpha value is -6.30. The summed E-state index contributed by atoms with van der Waals surface area (Å²) in [6, 6.07) is 40.8. The molecule has 3 aromatic heterocycles. The van der Waals surface area contributed by atoms with Crippen LogP contribution in [0.5, 0.6) is 0 Å². The molecule has 0 N–H and O–H groups in total. The number of rotatable bonds is 2. The molecule has 9 aromatic rings. The largest absolute Gasteiger partial charge is 0.456 e. The summed E-state index contributed by atoms with van der Waals surface area (Å²) in [7, 11) is 0. The van der Waals surface area contributed by atoms with Crippen molar-refractivity contribution in [1.29, 1.82) is 5.26 Å². The van der Waals surface area contributed by atoms with Crippen molar-refractivity contribution < 1.29 is 8.83 Å². The van der Waals surface area contributed by atoms with Gasteiger partial charge in [-0.25, -0.2) is 4.85 Å². The molecule has 5 heteroatoms. The first-order chi connectivity index (χ1) is 21.2. The van der Waals surface area contributed by atoms with E-state index >= 15 is 0 Å². The number of benzene rings is 6. The number of aromatic nitrogens is 1. The number of fused-ring (bicyclic) bond motifs is 9. The van der Waals surface area contributed by atoms with Crippen LogP contribution in [0.4, 0.5) is 5.69 Å². The van der Waals surface area contributed by atoms with E-state index in [1.54, 1.807) is 6.07 Å². The van der Waals surface area contributed by atoms with Gasteiger partial charge in [0.15, 0.2) is 5.69 Å². The quantitative estimate of drug-likeness (QED) is 0.202. The van der Waals surface area contributed by atoms with E-state index in [-0.39, 0.29) is 0 Å². The molecule has 9 rings (SSSR count). The lowest BCUT2D eigenvalue weighted by Crippen LogP contribution is -2.00. The predicted octanol–water partition coefficient (Wildman–Crippen LogP) is 10.7. The summed E-state index contributed by atoms with van der Waals surface area (Å²) in [6.45, 7) is 7.44. The molecule has 0 unspecified atom stereocenters. The lowest BCUT2D eigenvalue weighted by Gasteiger charge is -2.16. The Kier molecular flexibility index (Phi) is 4.68. The van der Waals surface area contributed by atoms with E-state index in [0.29, 0.717) is 11.3 Å². The van der Waals surface area contributed by atoms with E-state index in [9.17, 15) is 5.26 Å². The SMILES string of the molecule is [C-]#[N+]c1ccc2oc3cc4oc5ccc(-c6cccc(C#N)c6-n6c7ccccc7c7ccccc76)cc5c4cc3c2c1. The topological polar surface area (TPSA) is 59.4 Å². The van der Waals surface area contributed by atoms with Gasteiger partial charge in [0.25, 0.3) is 0 Å². The summed E-state index contributed by atoms with van der Waals surface area (Å²) in [4.78, 5) is 3.60. The molecule has 6 aromatic carbocycles. The van der Waals surface area contributed by atoms with Crippen molar-refractivity contribution in [2.75, 3.05) is 0 Å². The highest BCUT2D eigenvalue weighted by molar-refractivity contribution is 6.16. The maximum absolute atomic E-state index is 10.3. The Morgan fingerprint density at radius 2 is 1.21 bits per heavy atom. The second kappa shape index (κ2) is 8.60. The Balaban J connectivity index is 1.33. The maximum atomic E-state index is 10.3. The van der Waals surface area contributed by atoms with E-state index in [2.05, 4.69) is 76.1 Å². The molecule has 3 heterocycles. The van der Waals surface area contributed by atoms with Crippen LogP contribution < -0.4 is 0 Å². The third-order valence-corrected chi connectivity index (χ3v) is 8.44. The van der Waals surface area contributed by atoms with Gasteiger partial charge in [-0.2, -0.15) is 5.26 Å². The zero-order valence-electron chi connectivity index (χ0n) is 22.6. The lowest BCUT2D eigenvalue weighted by atomic mass is 9.98. The van der Waals surface area contributed by atoms with Crippen LogP contribution >= 0.6 is 0 Å². The van der Waals surface area contributed by atoms with Crippen LogP contribution in [0.1, 0.15) is 5.56 Å². The Morgan fingerprint density at radius 3 is 1.88 bits per heavy atom. The van der Waals surface area contributed by atoms with Gasteiger partial charge in [0.2, 0.25) is 0 Å². The second-order valence-electron chi connectivity index (χ2n) is 10.7. The van der Waals surface area contributed by atoms with Crippen LogP contribution in [0.25, 0.3) is 87.3 Å². The third kappa shape index (κ3) is 3.25. The highest BCUT2D eigenvalue weighted by Gasteiger charge is 2.20. The van der Waals surface area contributed by atoms with Gasteiger partial charge in [0.1, 0.15) is 28.4 Å². The van der Waals surface area contributed by atoms with Gasteiger partial charge in [0, 0.05) is 43.9 Å². The van der Waals surface area contributed by atoms with Crippen molar-refractivity contribution >= 4 is 71.4 Å². The van der Waals surface area contributed by atoms with E-state index < -0.39 is 0 Å². The highest BCUT2D eigenvalue weighted by Crippen LogP contribution is 2.41. The van der Waals surface area contributed by atoms with Crippen LogP contribution in [-0.2, 0) is 0 Å². The minimum Gasteiger partial charge on any atom is -0.456 e. The molecule has 0 aliphatic rings. The monoisotopic (exact) mass is 549 g/mol. The number of hydrogen-bond donors (Lipinski definition) is 0. The van der Waals surface area contributed by atoms with E-state index in [1.807, 2.05) is 48.5 Å². The van der Waals surface area contributed by atoms with Crippen LogP contribution in [-0.4, -0.2) is 4.57 Å². The van der Waals surface area contributed by atoms with Crippen LogP contribution in [0.3, 0.4) is 0 Å². The average molecular weight is 550 g/mol. The van der Waals surface area contributed by atoms with Crippen molar-refractivity contribution in [2.24, 2.45) is 0 Å². The standard InChI is InChI=1S/C38H19N3O2/c1-40-24-14-16-35-29(18-24)31-19-30-28-17-22(13-15-34(28)42-36(30)20-37(31)43-35)25-10-6-7-23(21-39)38(25)41-32-11-4-2-8-26(32)27-9-3-5-12-33(27)41/h2-20H. The minimum atomic E-state index is 0.574. The molecule has 0 saturated carbocycles. The fourth-order valence-electron chi connectivity index (χ4n) is 6.54. The van der Waals surface area contributed by atoms with Crippen molar-refractivity contribution in [3.8, 4) is 22.9 Å². The predicted molar refractivity (Wildman–Crippen MR) is 172 cm³/mol. The van der Waals surface area contributed by atoms with E-state index in [1.165, 1.54) is 0 Å². The number of para-hydroxylation sites is 3. The molecule has 0 bridgehead atoms. The van der Waals surface area contributed by atoms with Crippen molar-refractivity contribution in [2.45, 2.75) is 0 Å². The molecule has 43 heavy (non-hydrogen) atoms. The van der Waals surface area contributed by atoms with Gasteiger partial charge >= 0.3 is 0 Å². The number of hydrogen-bond acceptors (Lipinski definition) is 3. The highest BCUT2D eigenvalue weighted by atomic mass is 16.3. The van der Waals surface area contributed by atoms with Gasteiger partial charge in [-0.3, -0.25) is 0 Å². The molecule has 0 aliphatic carbocycles. The van der Waals surface area contributed by atoms with Crippen molar-refractivity contribution in [3.05, 3.63) is 132 Å². The first kappa shape index (κ1) is 23.4. The number of nitriles is 1. The first-order valence-electron chi connectivity index (χ1n) is 13.9. The zero-order chi connectivity index (χ0) is 28.7. The molecular weight excluding hydrogens is 530 g/mol. The number of nitrogens with zero attached hydrogens (tertiary/aromatic N) is 3. The summed E-state index contributed by atoms with van der Waals surface area (Å²) in [6.07, 6.45) is 0. The second-order valence-corrected chi connectivity index (χ2v) is 10.7. The fraction of sp³-hybridized carbons (Fsp3) is 0. The molecule has 0 fully saturated rings. The smallest absolute Gasteiger partial charge is 0.188 e. The molecule has 0 amide bonds.